The number of methoxy groups -OCH3 is 1. The highest BCUT2D eigenvalue weighted by atomic mass is 32.2. The van der Waals surface area contributed by atoms with Gasteiger partial charge in [0.05, 0.1) is 7.11 Å². The summed E-state index contributed by atoms with van der Waals surface area (Å²) < 4.78 is 11.2. The molecule has 1 aliphatic heterocycles. The second kappa shape index (κ2) is 7.06. The van der Waals surface area contributed by atoms with Gasteiger partial charge in [-0.25, -0.2) is 0 Å². The molecule has 1 atom stereocenters. The van der Waals surface area contributed by atoms with Crippen LogP contribution in [0.15, 0.2) is 24.3 Å². The molecular formula is C15H23NO2S. The van der Waals surface area contributed by atoms with E-state index in [1.807, 2.05) is 24.3 Å². The summed E-state index contributed by atoms with van der Waals surface area (Å²) in [6.45, 7) is 5.01. The van der Waals surface area contributed by atoms with E-state index >= 15 is 0 Å². The van der Waals surface area contributed by atoms with Crippen molar-refractivity contribution >= 4 is 11.8 Å². The molecule has 1 N–H and O–H groups in total. The number of ether oxygens (including phenoxy) is 2. The second-order valence-corrected chi connectivity index (χ2v) is 6.79. The molecule has 1 heterocycles. The molecule has 0 spiro atoms. The lowest BCUT2D eigenvalue weighted by Gasteiger charge is -2.22. The summed E-state index contributed by atoms with van der Waals surface area (Å²) in [4.78, 5) is 0. The number of benzene rings is 1. The van der Waals surface area contributed by atoms with Crippen LogP contribution >= 0.6 is 11.8 Å². The van der Waals surface area contributed by atoms with Gasteiger partial charge in [-0.05, 0) is 49.8 Å². The first-order valence-electron chi connectivity index (χ1n) is 6.83. The normalized spacial score (nSPS) is 22.4. The first-order valence-corrected chi connectivity index (χ1v) is 7.82. The number of nitrogens with one attached hydrogen (secondary N) is 1. The van der Waals surface area contributed by atoms with Crippen molar-refractivity contribution < 1.29 is 9.47 Å². The Bertz CT molecular complexity index is 374. The Morgan fingerprint density at radius 3 is 2.63 bits per heavy atom. The monoisotopic (exact) mass is 281 g/mol. The van der Waals surface area contributed by atoms with Gasteiger partial charge in [-0.1, -0.05) is 0 Å². The van der Waals surface area contributed by atoms with E-state index in [-0.39, 0.29) is 0 Å². The molecule has 1 aromatic carbocycles. The highest BCUT2D eigenvalue weighted by Gasteiger charge is 2.28. The van der Waals surface area contributed by atoms with Gasteiger partial charge in [0.15, 0.2) is 0 Å². The van der Waals surface area contributed by atoms with Crippen LogP contribution in [0, 0.1) is 0 Å². The maximum atomic E-state index is 5.68. The molecule has 0 aromatic heterocycles. The largest absolute Gasteiger partial charge is 0.497 e. The Labute approximate surface area is 120 Å². The zero-order valence-electron chi connectivity index (χ0n) is 11.8. The van der Waals surface area contributed by atoms with Gasteiger partial charge in [0, 0.05) is 17.8 Å². The average molecular weight is 281 g/mol. The second-order valence-electron chi connectivity index (χ2n) is 5.10. The standard InChI is InChI=1S/C15H23NO2S/c1-15(8-3-11-19-15)12-16-9-10-18-14-6-4-13(17-2)5-7-14/h4-7,16H,3,8-12H2,1-2H3. The van der Waals surface area contributed by atoms with Crippen molar-refractivity contribution in [1.29, 1.82) is 0 Å². The van der Waals surface area contributed by atoms with E-state index in [0.717, 1.165) is 24.6 Å². The molecule has 1 aliphatic rings. The zero-order chi connectivity index (χ0) is 13.6. The van der Waals surface area contributed by atoms with Gasteiger partial charge in [0.25, 0.3) is 0 Å². The molecule has 0 amide bonds. The Morgan fingerprint density at radius 1 is 1.26 bits per heavy atom. The van der Waals surface area contributed by atoms with Crippen LogP contribution in [0.4, 0.5) is 0 Å². The van der Waals surface area contributed by atoms with Crippen molar-refractivity contribution in [3.8, 4) is 11.5 Å². The van der Waals surface area contributed by atoms with Gasteiger partial charge in [-0.15, -0.1) is 0 Å². The Hall–Kier alpha value is -0.870. The summed E-state index contributed by atoms with van der Waals surface area (Å²) >= 11 is 2.09. The maximum Gasteiger partial charge on any atom is 0.119 e. The van der Waals surface area contributed by atoms with Crippen molar-refractivity contribution in [2.45, 2.75) is 24.5 Å². The van der Waals surface area contributed by atoms with E-state index < -0.39 is 0 Å². The predicted octanol–water partition coefficient (Wildman–Crippen LogP) is 2.95. The van der Waals surface area contributed by atoms with Crippen LogP contribution in [0.3, 0.4) is 0 Å². The molecule has 0 radical (unpaired) electrons. The third kappa shape index (κ3) is 4.62. The lowest BCUT2D eigenvalue weighted by Crippen LogP contribution is -2.35. The highest BCUT2D eigenvalue weighted by Crippen LogP contribution is 2.36. The third-order valence-corrected chi connectivity index (χ3v) is 4.94. The molecule has 2 rings (SSSR count). The minimum atomic E-state index is 0.431. The topological polar surface area (TPSA) is 30.5 Å². The van der Waals surface area contributed by atoms with Crippen LogP contribution in [0.5, 0.6) is 11.5 Å². The molecule has 1 aromatic rings. The first kappa shape index (κ1) is 14.5. The maximum absolute atomic E-state index is 5.68. The lowest BCUT2D eigenvalue weighted by atomic mass is 10.1. The fourth-order valence-corrected chi connectivity index (χ4v) is 3.52. The number of thioether (sulfide) groups is 1. The predicted molar refractivity (Wildman–Crippen MR) is 81.5 cm³/mol. The Kier molecular flexibility index (Phi) is 5.40. The summed E-state index contributed by atoms with van der Waals surface area (Å²) in [5.41, 5.74) is 0. The molecule has 0 saturated carbocycles. The van der Waals surface area contributed by atoms with Crippen molar-refractivity contribution in [3.05, 3.63) is 24.3 Å². The van der Waals surface area contributed by atoms with E-state index in [1.165, 1.54) is 18.6 Å². The first-order chi connectivity index (χ1) is 9.22. The molecular weight excluding hydrogens is 258 g/mol. The SMILES string of the molecule is COc1ccc(OCCNCC2(C)CCCS2)cc1. The Morgan fingerprint density at radius 2 is 2.00 bits per heavy atom. The van der Waals surface area contributed by atoms with Gasteiger partial charge in [-0.2, -0.15) is 11.8 Å². The summed E-state index contributed by atoms with van der Waals surface area (Å²) in [7, 11) is 1.67. The summed E-state index contributed by atoms with van der Waals surface area (Å²) in [5.74, 6) is 3.06. The van der Waals surface area contributed by atoms with Gasteiger partial charge in [-0.3, -0.25) is 0 Å². The Balaban J connectivity index is 1.61. The number of hydrogen-bond donors (Lipinski definition) is 1. The zero-order valence-corrected chi connectivity index (χ0v) is 12.6. The fraction of sp³-hybridized carbons (Fsp3) is 0.600. The van der Waals surface area contributed by atoms with Crippen LogP contribution in [-0.4, -0.2) is 37.3 Å². The molecule has 1 fully saturated rings. The van der Waals surface area contributed by atoms with E-state index in [9.17, 15) is 0 Å². The number of rotatable bonds is 7. The van der Waals surface area contributed by atoms with E-state index in [1.54, 1.807) is 7.11 Å². The van der Waals surface area contributed by atoms with Crippen LogP contribution in [0.2, 0.25) is 0 Å². The van der Waals surface area contributed by atoms with Crippen molar-refractivity contribution in [1.82, 2.24) is 5.32 Å². The van der Waals surface area contributed by atoms with Crippen LogP contribution in [-0.2, 0) is 0 Å². The van der Waals surface area contributed by atoms with E-state index in [0.29, 0.717) is 11.4 Å². The van der Waals surface area contributed by atoms with Crippen molar-refractivity contribution in [2.75, 3.05) is 32.6 Å². The summed E-state index contributed by atoms with van der Waals surface area (Å²) in [6.07, 6.45) is 2.68. The molecule has 0 bridgehead atoms. The van der Waals surface area contributed by atoms with Gasteiger partial charge < -0.3 is 14.8 Å². The fourth-order valence-electron chi connectivity index (χ4n) is 2.24. The van der Waals surface area contributed by atoms with Crippen LogP contribution in [0.25, 0.3) is 0 Å². The molecule has 4 heteroatoms. The quantitative estimate of drug-likeness (QED) is 0.778. The van der Waals surface area contributed by atoms with E-state index in [4.69, 9.17) is 9.47 Å². The molecule has 3 nitrogen and oxygen atoms in total. The lowest BCUT2D eigenvalue weighted by molar-refractivity contribution is 0.310. The highest BCUT2D eigenvalue weighted by molar-refractivity contribution is 8.00. The van der Waals surface area contributed by atoms with Gasteiger partial charge in [0.2, 0.25) is 0 Å². The molecule has 106 valence electrons. The molecule has 1 saturated heterocycles. The summed E-state index contributed by atoms with van der Waals surface area (Å²) in [5, 5.41) is 3.49. The van der Waals surface area contributed by atoms with Crippen molar-refractivity contribution in [3.63, 3.8) is 0 Å². The van der Waals surface area contributed by atoms with Gasteiger partial charge >= 0.3 is 0 Å². The van der Waals surface area contributed by atoms with E-state index in [2.05, 4.69) is 24.0 Å². The van der Waals surface area contributed by atoms with Crippen LogP contribution < -0.4 is 14.8 Å². The van der Waals surface area contributed by atoms with Crippen LogP contribution in [0.1, 0.15) is 19.8 Å². The summed E-state index contributed by atoms with van der Waals surface area (Å²) in [6, 6.07) is 7.71. The molecule has 19 heavy (non-hydrogen) atoms. The molecule has 0 aliphatic carbocycles. The third-order valence-electron chi connectivity index (χ3n) is 3.41. The van der Waals surface area contributed by atoms with Crippen molar-refractivity contribution in [2.24, 2.45) is 0 Å². The minimum Gasteiger partial charge on any atom is -0.497 e. The average Bonchev–Trinajstić information content (AvgIpc) is 2.86. The molecule has 1 unspecified atom stereocenters. The minimum absolute atomic E-state index is 0.431. The smallest absolute Gasteiger partial charge is 0.119 e. The van der Waals surface area contributed by atoms with Gasteiger partial charge in [0.1, 0.15) is 18.1 Å². The number of hydrogen-bond acceptors (Lipinski definition) is 4.